The van der Waals surface area contributed by atoms with Crippen molar-refractivity contribution in [1.29, 1.82) is 0 Å². The van der Waals surface area contributed by atoms with E-state index in [1.807, 2.05) is 4.90 Å². The average Bonchev–Trinajstić information content (AvgIpc) is 2.85. The summed E-state index contributed by atoms with van der Waals surface area (Å²) in [6.07, 6.45) is 3.58. The van der Waals surface area contributed by atoms with E-state index < -0.39 is 0 Å². The molecule has 1 aliphatic rings. The third-order valence-electron chi connectivity index (χ3n) is 2.64. The molecule has 0 radical (unpaired) electrons. The quantitative estimate of drug-likeness (QED) is 0.683. The topological polar surface area (TPSA) is 20.3 Å². The van der Waals surface area contributed by atoms with Gasteiger partial charge >= 0.3 is 0 Å². The normalized spacial score (nSPS) is 21.1. The first-order chi connectivity index (χ1) is 6.83. The van der Waals surface area contributed by atoms with Gasteiger partial charge in [0.25, 0.3) is 0 Å². The average molecular weight is 207 g/mol. The van der Waals surface area contributed by atoms with Gasteiger partial charge in [-0.1, -0.05) is 6.58 Å². The Morgan fingerprint density at radius 1 is 1.71 bits per heavy atom. The number of amides is 1. The van der Waals surface area contributed by atoms with E-state index in [0.717, 1.165) is 19.4 Å². The van der Waals surface area contributed by atoms with Crippen LogP contribution in [0, 0.1) is 0 Å². The highest BCUT2D eigenvalue weighted by Gasteiger charge is 2.28. The van der Waals surface area contributed by atoms with Crippen LogP contribution in [-0.2, 0) is 4.79 Å². The Labute approximate surface area is 87.9 Å². The fraction of sp³-hybridized carbons (Fsp3) is 0.364. The molecule has 0 saturated carbocycles. The number of rotatable bonds is 2. The molecular weight excluding hydrogens is 194 g/mol. The fourth-order valence-electron chi connectivity index (χ4n) is 1.96. The van der Waals surface area contributed by atoms with Gasteiger partial charge in [0.05, 0.1) is 6.04 Å². The van der Waals surface area contributed by atoms with Crippen molar-refractivity contribution in [2.45, 2.75) is 18.9 Å². The first-order valence-electron chi connectivity index (χ1n) is 4.78. The van der Waals surface area contributed by atoms with Crippen molar-refractivity contribution < 1.29 is 4.79 Å². The second-order valence-corrected chi connectivity index (χ2v) is 4.23. The maximum absolute atomic E-state index is 11.5. The maximum Gasteiger partial charge on any atom is 0.246 e. The number of thiophene rings is 1. The van der Waals surface area contributed by atoms with Gasteiger partial charge in [-0.25, -0.2) is 0 Å². The van der Waals surface area contributed by atoms with Crippen LogP contribution >= 0.6 is 11.3 Å². The van der Waals surface area contributed by atoms with E-state index in [4.69, 9.17) is 0 Å². The number of carbonyl (C=O) groups is 1. The molecule has 1 atom stereocenters. The first kappa shape index (κ1) is 9.46. The van der Waals surface area contributed by atoms with Crippen LogP contribution in [0.4, 0.5) is 0 Å². The molecule has 0 spiro atoms. The van der Waals surface area contributed by atoms with E-state index in [2.05, 4.69) is 23.4 Å². The molecule has 2 heterocycles. The largest absolute Gasteiger partial charge is 0.332 e. The van der Waals surface area contributed by atoms with Gasteiger partial charge in [-0.3, -0.25) is 4.79 Å². The molecule has 0 aromatic carbocycles. The van der Waals surface area contributed by atoms with E-state index >= 15 is 0 Å². The molecule has 1 fully saturated rings. The highest BCUT2D eigenvalue weighted by atomic mass is 32.1. The Morgan fingerprint density at radius 2 is 2.57 bits per heavy atom. The van der Waals surface area contributed by atoms with Gasteiger partial charge in [-0.2, -0.15) is 11.3 Å². The molecule has 2 nitrogen and oxygen atoms in total. The van der Waals surface area contributed by atoms with Crippen molar-refractivity contribution in [3.8, 4) is 0 Å². The second-order valence-electron chi connectivity index (χ2n) is 3.45. The minimum atomic E-state index is 0.0544. The van der Waals surface area contributed by atoms with Gasteiger partial charge in [0.1, 0.15) is 0 Å². The lowest BCUT2D eigenvalue weighted by molar-refractivity contribution is -0.126. The molecule has 1 amide bonds. The van der Waals surface area contributed by atoms with Crippen LogP contribution in [0.2, 0.25) is 0 Å². The lowest BCUT2D eigenvalue weighted by Gasteiger charge is -2.22. The zero-order valence-corrected chi connectivity index (χ0v) is 8.80. The molecule has 1 aliphatic heterocycles. The number of carbonyl (C=O) groups excluding carboxylic acids is 1. The number of nitrogens with zero attached hydrogens (tertiary/aromatic N) is 1. The molecule has 1 aromatic heterocycles. The van der Waals surface area contributed by atoms with Gasteiger partial charge in [0.15, 0.2) is 0 Å². The maximum atomic E-state index is 11.5. The Kier molecular flexibility index (Phi) is 2.68. The molecule has 1 aromatic rings. The molecule has 0 N–H and O–H groups in total. The lowest BCUT2D eigenvalue weighted by atomic mass is 10.1. The fourth-order valence-corrected chi connectivity index (χ4v) is 2.67. The predicted molar refractivity (Wildman–Crippen MR) is 58.2 cm³/mol. The monoisotopic (exact) mass is 207 g/mol. The lowest BCUT2D eigenvalue weighted by Crippen LogP contribution is -2.28. The summed E-state index contributed by atoms with van der Waals surface area (Å²) in [5.74, 6) is 0.0544. The number of likely N-dealkylation sites (tertiary alicyclic amines) is 1. The molecule has 0 unspecified atom stereocenters. The second kappa shape index (κ2) is 3.96. The summed E-state index contributed by atoms with van der Waals surface area (Å²) < 4.78 is 0. The van der Waals surface area contributed by atoms with Crippen LogP contribution in [0.3, 0.4) is 0 Å². The first-order valence-corrected chi connectivity index (χ1v) is 5.72. The summed E-state index contributed by atoms with van der Waals surface area (Å²) >= 11 is 1.68. The summed E-state index contributed by atoms with van der Waals surface area (Å²) in [6.45, 7) is 4.40. The Morgan fingerprint density at radius 3 is 3.21 bits per heavy atom. The standard InChI is InChI=1S/C11H13NOS/c1-2-11(13)12-6-3-4-10(12)9-5-7-14-8-9/h2,5,7-8,10H,1,3-4,6H2/t10-/m1/s1. The highest BCUT2D eigenvalue weighted by Crippen LogP contribution is 2.32. The summed E-state index contributed by atoms with van der Waals surface area (Å²) in [6, 6.07) is 2.39. The van der Waals surface area contributed by atoms with E-state index in [1.54, 1.807) is 11.3 Å². The Balaban J connectivity index is 2.19. The third-order valence-corrected chi connectivity index (χ3v) is 3.34. The van der Waals surface area contributed by atoms with Crippen molar-refractivity contribution in [3.63, 3.8) is 0 Å². The van der Waals surface area contributed by atoms with Crippen molar-refractivity contribution in [2.24, 2.45) is 0 Å². The Hall–Kier alpha value is -1.09. The van der Waals surface area contributed by atoms with Crippen LogP contribution < -0.4 is 0 Å². The SMILES string of the molecule is C=CC(=O)N1CCC[C@@H]1c1ccsc1. The van der Waals surface area contributed by atoms with Gasteiger partial charge in [-0.15, -0.1) is 0 Å². The van der Waals surface area contributed by atoms with E-state index in [-0.39, 0.29) is 11.9 Å². The zero-order valence-electron chi connectivity index (χ0n) is 7.98. The van der Waals surface area contributed by atoms with Crippen LogP contribution in [0.5, 0.6) is 0 Å². The highest BCUT2D eigenvalue weighted by molar-refractivity contribution is 7.07. The van der Waals surface area contributed by atoms with Crippen LogP contribution in [0.1, 0.15) is 24.4 Å². The van der Waals surface area contributed by atoms with Gasteiger partial charge in [-0.05, 0) is 41.3 Å². The minimum Gasteiger partial charge on any atom is -0.332 e. The van der Waals surface area contributed by atoms with Gasteiger partial charge < -0.3 is 4.90 Å². The molecule has 74 valence electrons. The van der Waals surface area contributed by atoms with Crippen LogP contribution in [-0.4, -0.2) is 17.4 Å². The van der Waals surface area contributed by atoms with Crippen molar-refractivity contribution in [3.05, 3.63) is 35.0 Å². The van der Waals surface area contributed by atoms with Crippen LogP contribution in [0.15, 0.2) is 29.5 Å². The van der Waals surface area contributed by atoms with Gasteiger partial charge in [0, 0.05) is 6.54 Å². The molecule has 3 heteroatoms. The molecule has 2 rings (SSSR count). The smallest absolute Gasteiger partial charge is 0.246 e. The Bertz CT molecular complexity index is 331. The molecular formula is C11H13NOS. The zero-order chi connectivity index (χ0) is 9.97. The minimum absolute atomic E-state index is 0.0544. The van der Waals surface area contributed by atoms with Crippen molar-refractivity contribution >= 4 is 17.2 Å². The van der Waals surface area contributed by atoms with Gasteiger partial charge in [0.2, 0.25) is 5.91 Å². The van der Waals surface area contributed by atoms with Crippen LogP contribution in [0.25, 0.3) is 0 Å². The summed E-state index contributed by atoms with van der Waals surface area (Å²) in [4.78, 5) is 13.4. The number of hydrogen-bond donors (Lipinski definition) is 0. The summed E-state index contributed by atoms with van der Waals surface area (Å²) in [5, 5.41) is 4.18. The predicted octanol–water partition coefficient (Wildman–Crippen LogP) is 2.60. The molecule has 14 heavy (non-hydrogen) atoms. The van der Waals surface area contributed by atoms with Crippen molar-refractivity contribution in [1.82, 2.24) is 4.90 Å². The van der Waals surface area contributed by atoms with E-state index in [0.29, 0.717) is 0 Å². The van der Waals surface area contributed by atoms with Crippen molar-refractivity contribution in [2.75, 3.05) is 6.54 Å². The van der Waals surface area contributed by atoms with E-state index in [1.165, 1.54) is 11.6 Å². The summed E-state index contributed by atoms with van der Waals surface area (Å²) in [7, 11) is 0. The third kappa shape index (κ3) is 1.60. The molecule has 1 saturated heterocycles. The summed E-state index contributed by atoms with van der Waals surface area (Å²) in [5.41, 5.74) is 1.27. The van der Waals surface area contributed by atoms with E-state index in [9.17, 15) is 4.79 Å². The molecule has 0 bridgehead atoms. The molecule has 0 aliphatic carbocycles. The number of hydrogen-bond acceptors (Lipinski definition) is 2.